The monoisotopic (exact) mass is 508 g/mol. The van der Waals surface area contributed by atoms with Crippen LogP contribution >= 0.6 is 0 Å². The molecule has 8 nitrogen and oxygen atoms in total. The zero-order valence-corrected chi connectivity index (χ0v) is 21.2. The molecule has 0 bridgehead atoms. The van der Waals surface area contributed by atoms with Gasteiger partial charge < -0.3 is 19.5 Å². The fraction of sp³-hybridized carbons (Fsp3) is 0.222. The predicted octanol–water partition coefficient (Wildman–Crippen LogP) is 4.11. The summed E-state index contributed by atoms with van der Waals surface area (Å²) in [4.78, 5) is 12.9. The van der Waals surface area contributed by atoms with E-state index < -0.39 is 10.0 Å². The molecule has 188 valence electrons. The summed E-state index contributed by atoms with van der Waals surface area (Å²) in [6.07, 6.45) is 3.66. The third-order valence-electron chi connectivity index (χ3n) is 5.95. The molecule has 0 unspecified atom stereocenters. The SMILES string of the molecule is COc1cc(/C=C/C(=O)Nc2ccc3c(c2)CN(S(=O)(=O)c2ccccc2)CC3)cc(OC)c1OC. The van der Waals surface area contributed by atoms with E-state index in [1.54, 1.807) is 48.5 Å². The third kappa shape index (κ3) is 5.37. The van der Waals surface area contributed by atoms with Crippen molar-refractivity contribution in [3.8, 4) is 17.2 Å². The van der Waals surface area contributed by atoms with Gasteiger partial charge in [0.25, 0.3) is 0 Å². The van der Waals surface area contributed by atoms with Crippen molar-refractivity contribution in [3.05, 3.63) is 83.4 Å². The van der Waals surface area contributed by atoms with Crippen molar-refractivity contribution < 1.29 is 27.4 Å². The van der Waals surface area contributed by atoms with Gasteiger partial charge in [-0.1, -0.05) is 24.3 Å². The second-order valence-corrected chi connectivity index (χ2v) is 10.1. The number of nitrogens with one attached hydrogen (secondary N) is 1. The van der Waals surface area contributed by atoms with Crippen LogP contribution in [0.2, 0.25) is 0 Å². The Morgan fingerprint density at radius 1 is 0.917 bits per heavy atom. The summed E-state index contributed by atoms with van der Waals surface area (Å²) in [5.74, 6) is 1.12. The van der Waals surface area contributed by atoms with Crippen LogP contribution in [0.15, 0.2) is 71.6 Å². The van der Waals surface area contributed by atoms with Gasteiger partial charge in [0.15, 0.2) is 11.5 Å². The van der Waals surface area contributed by atoms with Crippen LogP contribution < -0.4 is 19.5 Å². The number of fused-ring (bicyclic) bond motifs is 1. The Morgan fingerprint density at radius 3 is 2.25 bits per heavy atom. The molecule has 1 aliphatic heterocycles. The summed E-state index contributed by atoms with van der Waals surface area (Å²) in [6, 6.07) is 17.5. The summed E-state index contributed by atoms with van der Waals surface area (Å²) in [7, 11) is 0.990. The molecule has 1 N–H and O–H groups in total. The van der Waals surface area contributed by atoms with Crippen molar-refractivity contribution in [2.75, 3.05) is 33.2 Å². The summed E-state index contributed by atoms with van der Waals surface area (Å²) in [5.41, 5.74) is 3.23. The molecular weight excluding hydrogens is 480 g/mol. The highest BCUT2D eigenvalue weighted by atomic mass is 32.2. The minimum atomic E-state index is -3.59. The Kier molecular flexibility index (Phi) is 7.61. The smallest absolute Gasteiger partial charge is 0.248 e. The van der Waals surface area contributed by atoms with E-state index in [1.807, 2.05) is 18.2 Å². The number of methoxy groups -OCH3 is 3. The molecule has 1 heterocycles. The first-order valence-electron chi connectivity index (χ1n) is 11.3. The van der Waals surface area contributed by atoms with Crippen LogP contribution in [0.5, 0.6) is 17.2 Å². The van der Waals surface area contributed by atoms with Gasteiger partial charge in [0, 0.05) is 24.9 Å². The maximum absolute atomic E-state index is 13.0. The maximum atomic E-state index is 13.0. The molecule has 4 rings (SSSR count). The van der Waals surface area contributed by atoms with Crippen LogP contribution in [0.25, 0.3) is 6.08 Å². The molecule has 0 saturated heterocycles. The summed E-state index contributed by atoms with van der Waals surface area (Å²) >= 11 is 0. The lowest BCUT2D eigenvalue weighted by atomic mass is 10.0. The molecule has 36 heavy (non-hydrogen) atoms. The van der Waals surface area contributed by atoms with Crippen molar-refractivity contribution in [1.82, 2.24) is 4.31 Å². The topological polar surface area (TPSA) is 94.2 Å². The highest BCUT2D eigenvalue weighted by molar-refractivity contribution is 7.89. The molecule has 0 aliphatic carbocycles. The van der Waals surface area contributed by atoms with Gasteiger partial charge in [0.05, 0.1) is 26.2 Å². The average Bonchev–Trinajstić information content (AvgIpc) is 2.91. The van der Waals surface area contributed by atoms with Crippen molar-refractivity contribution >= 4 is 27.7 Å². The van der Waals surface area contributed by atoms with Crippen LogP contribution in [-0.4, -0.2) is 46.5 Å². The average molecular weight is 509 g/mol. The number of nitrogens with zero attached hydrogens (tertiary/aromatic N) is 1. The van der Waals surface area contributed by atoms with Gasteiger partial charge in [-0.2, -0.15) is 4.31 Å². The van der Waals surface area contributed by atoms with Crippen LogP contribution in [0.3, 0.4) is 0 Å². The molecule has 1 amide bonds. The van der Waals surface area contributed by atoms with Gasteiger partial charge in [-0.25, -0.2) is 8.42 Å². The molecular formula is C27H28N2O6S. The quantitative estimate of drug-likeness (QED) is 0.460. The number of rotatable bonds is 8. The standard InChI is InChI=1S/C27H28N2O6S/c1-33-24-15-19(16-25(34-2)27(24)35-3)9-12-26(30)28-22-11-10-20-13-14-29(18-21(20)17-22)36(31,32)23-7-5-4-6-8-23/h4-12,15-17H,13-14,18H2,1-3H3,(H,28,30)/b12-9+. The summed E-state index contributed by atoms with van der Waals surface area (Å²) in [6.45, 7) is 0.658. The number of sulfonamides is 1. The number of ether oxygens (including phenoxy) is 3. The number of hydrogen-bond donors (Lipinski definition) is 1. The van der Waals surface area contributed by atoms with E-state index >= 15 is 0 Å². The van der Waals surface area contributed by atoms with Crippen LogP contribution in [0, 0.1) is 0 Å². The zero-order chi connectivity index (χ0) is 25.7. The molecule has 0 radical (unpaired) electrons. The van der Waals surface area contributed by atoms with Crippen molar-refractivity contribution in [2.45, 2.75) is 17.9 Å². The van der Waals surface area contributed by atoms with E-state index in [0.29, 0.717) is 41.5 Å². The van der Waals surface area contributed by atoms with E-state index in [2.05, 4.69) is 5.32 Å². The zero-order valence-electron chi connectivity index (χ0n) is 20.4. The lowest BCUT2D eigenvalue weighted by Crippen LogP contribution is -2.36. The van der Waals surface area contributed by atoms with Crippen molar-refractivity contribution in [3.63, 3.8) is 0 Å². The molecule has 0 atom stereocenters. The van der Waals surface area contributed by atoms with E-state index in [0.717, 1.165) is 11.1 Å². The summed E-state index contributed by atoms with van der Waals surface area (Å²) in [5, 5.41) is 2.85. The van der Waals surface area contributed by atoms with Gasteiger partial charge in [0.1, 0.15) is 0 Å². The van der Waals surface area contributed by atoms with Gasteiger partial charge in [-0.05, 0) is 65.6 Å². The highest BCUT2D eigenvalue weighted by Crippen LogP contribution is 2.38. The third-order valence-corrected chi connectivity index (χ3v) is 7.81. The van der Waals surface area contributed by atoms with Crippen LogP contribution in [0.1, 0.15) is 16.7 Å². The highest BCUT2D eigenvalue weighted by Gasteiger charge is 2.28. The molecule has 0 spiro atoms. The number of anilines is 1. The lowest BCUT2D eigenvalue weighted by Gasteiger charge is -2.28. The first-order valence-corrected chi connectivity index (χ1v) is 12.8. The molecule has 9 heteroatoms. The molecule has 0 fully saturated rings. The first kappa shape index (κ1) is 25.3. The lowest BCUT2D eigenvalue weighted by molar-refractivity contribution is -0.111. The van der Waals surface area contributed by atoms with Gasteiger partial charge in [-0.15, -0.1) is 0 Å². The van der Waals surface area contributed by atoms with Crippen molar-refractivity contribution in [1.29, 1.82) is 0 Å². The Labute approximate surface area is 211 Å². The molecule has 0 saturated carbocycles. The van der Waals surface area contributed by atoms with E-state index in [1.165, 1.54) is 31.7 Å². The maximum Gasteiger partial charge on any atom is 0.248 e. The van der Waals surface area contributed by atoms with Crippen LogP contribution in [0.4, 0.5) is 5.69 Å². The van der Waals surface area contributed by atoms with Gasteiger partial charge in [-0.3, -0.25) is 4.79 Å². The minimum absolute atomic E-state index is 0.248. The Morgan fingerprint density at radius 2 is 1.61 bits per heavy atom. The largest absolute Gasteiger partial charge is 0.493 e. The van der Waals surface area contributed by atoms with E-state index in [9.17, 15) is 13.2 Å². The van der Waals surface area contributed by atoms with E-state index in [-0.39, 0.29) is 17.3 Å². The first-order chi connectivity index (χ1) is 17.3. The molecule has 0 aromatic heterocycles. The fourth-order valence-corrected chi connectivity index (χ4v) is 5.55. The summed E-state index contributed by atoms with van der Waals surface area (Å²) < 4.78 is 43.6. The van der Waals surface area contributed by atoms with Gasteiger partial charge in [0.2, 0.25) is 21.7 Å². The predicted molar refractivity (Wildman–Crippen MR) is 138 cm³/mol. The van der Waals surface area contributed by atoms with Crippen molar-refractivity contribution in [2.24, 2.45) is 0 Å². The Balaban J connectivity index is 1.48. The second-order valence-electron chi connectivity index (χ2n) is 8.17. The molecule has 3 aromatic rings. The van der Waals surface area contributed by atoms with Crippen LogP contribution in [-0.2, 0) is 27.8 Å². The molecule has 1 aliphatic rings. The number of benzene rings is 3. The minimum Gasteiger partial charge on any atom is -0.493 e. The number of hydrogen-bond acceptors (Lipinski definition) is 6. The normalized spacial score (nSPS) is 13.8. The number of carbonyl (C=O) groups excluding carboxylic acids is 1. The van der Waals surface area contributed by atoms with E-state index in [4.69, 9.17) is 14.2 Å². The van der Waals surface area contributed by atoms with Gasteiger partial charge >= 0.3 is 0 Å². The Hall–Kier alpha value is -3.82. The fourth-order valence-electron chi connectivity index (χ4n) is 4.11. The number of carbonyl (C=O) groups is 1. The number of amides is 1. The second kappa shape index (κ2) is 10.8. The Bertz CT molecular complexity index is 1360. The molecule has 3 aromatic carbocycles.